The maximum Gasteiger partial charge on any atom is 0.337 e. The van der Waals surface area contributed by atoms with E-state index >= 15 is 0 Å². The Morgan fingerprint density at radius 1 is 1.29 bits per heavy atom. The molecular weight excluding hydrogens is 344 g/mol. The Hall–Kier alpha value is -2.22. The van der Waals surface area contributed by atoms with Crippen LogP contribution in [0, 0.1) is 0 Å². The number of hydrogen-bond donors (Lipinski definition) is 3. The number of ether oxygens (including phenoxy) is 2. The summed E-state index contributed by atoms with van der Waals surface area (Å²) >= 11 is 3.10. The van der Waals surface area contributed by atoms with Crippen molar-refractivity contribution in [3.8, 4) is 11.5 Å². The molecule has 0 saturated carbocycles. The zero-order valence-electron chi connectivity index (χ0n) is 11.5. The molecule has 0 bridgehead atoms. The summed E-state index contributed by atoms with van der Waals surface area (Å²) in [5, 5.41) is 14.1. The summed E-state index contributed by atoms with van der Waals surface area (Å²) < 4.78 is 10.7. The van der Waals surface area contributed by atoms with E-state index in [2.05, 4.69) is 33.1 Å². The van der Waals surface area contributed by atoms with Gasteiger partial charge in [-0.3, -0.25) is 0 Å². The molecule has 0 fully saturated rings. The largest absolute Gasteiger partial charge is 0.493 e. The van der Waals surface area contributed by atoms with E-state index in [1.54, 1.807) is 0 Å². The summed E-state index contributed by atoms with van der Waals surface area (Å²) in [6.07, 6.45) is 0. The number of carboxylic acids is 1. The second kappa shape index (κ2) is 7.53. The molecule has 7 nitrogen and oxygen atoms in total. The third-order valence-corrected chi connectivity index (χ3v) is 2.72. The highest BCUT2D eigenvalue weighted by atomic mass is 79.9. The number of nitrogens with one attached hydrogen (secondary N) is 2. The number of urea groups is 1. The topological polar surface area (TPSA) is 96.9 Å². The number of halogens is 1. The van der Waals surface area contributed by atoms with Crippen molar-refractivity contribution in [3.05, 3.63) is 28.8 Å². The van der Waals surface area contributed by atoms with Gasteiger partial charge in [0.2, 0.25) is 0 Å². The van der Waals surface area contributed by atoms with Gasteiger partial charge in [0.15, 0.2) is 11.5 Å². The van der Waals surface area contributed by atoms with E-state index in [-0.39, 0.29) is 23.5 Å². The van der Waals surface area contributed by atoms with Gasteiger partial charge < -0.3 is 25.2 Å². The number of hydrogen-bond acceptors (Lipinski definition) is 4. The molecule has 0 aliphatic rings. The first-order chi connectivity index (χ1) is 9.88. The average molecular weight is 359 g/mol. The summed E-state index contributed by atoms with van der Waals surface area (Å²) in [6, 6.07) is 2.09. The molecule has 0 atom stereocenters. The van der Waals surface area contributed by atoms with Gasteiger partial charge in [-0.15, -0.1) is 0 Å². The number of carbonyl (C=O) groups excluding carboxylic acids is 1. The van der Waals surface area contributed by atoms with Gasteiger partial charge in [-0.25, -0.2) is 9.59 Å². The molecular formula is C13H15BrN2O5. The fourth-order valence-electron chi connectivity index (χ4n) is 1.50. The predicted octanol–water partition coefficient (Wildman–Crippen LogP) is 2.43. The van der Waals surface area contributed by atoms with E-state index in [1.807, 2.05) is 0 Å². The molecule has 2 amide bonds. The third-order valence-electron chi connectivity index (χ3n) is 2.44. The Balaban J connectivity index is 3.06. The fraction of sp³-hybridized carbons (Fsp3) is 0.231. The minimum absolute atomic E-state index is 0.0952. The van der Waals surface area contributed by atoms with Gasteiger partial charge in [-0.05, 0) is 0 Å². The highest BCUT2D eigenvalue weighted by Crippen LogP contribution is 2.33. The van der Waals surface area contributed by atoms with E-state index in [0.717, 1.165) is 0 Å². The van der Waals surface area contributed by atoms with Crippen LogP contribution in [0.3, 0.4) is 0 Å². The van der Waals surface area contributed by atoms with Crippen molar-refractivity contribution >= 4 is 33.6 Å². The molecule has 21 heavy (non-hydrogen) atoms. The number of rotatable bonds is 6. The SMILES string of the molecule is C=C(Br)CNC(=O)Nc1cc(OC)c(OC)cc1C(=O)O. The van der Waals surface area contributed by atoms with Gasteiger partial charge in [0.1, 0.15) is 0 Å². The number of anilines is 1. The van der Waals surface area contributed by atoms with Gasteiger partial charge in [0.25, 0.3) is 0 Å². The second-order valence-corrected chi connectivity index (χ2v) is 5.00. The molecule has 0 aromatic heterocycles. The second-order valence-electron chi connectivity index (χ2n) is 3.88. The Bertz CT molecular complexity index is 574. The van der Waals surface area contributed by atoms with Crippen molar-refractivity contribution in [1.29, 1.82) is 0 Å². The molecule has 0 spiro atoms. The molecule has 0 saturated heterocycles. The van der Waals surface area contributed by atoms with Crippen LogP contribution in [0.1, 0.15) is 10.4 Å². The lowest BCUT2D eigenvalue weighted by atomic mass is 10.1. The van der Waals surface area contributed by atoms with Gasteiger partial charge in [-0.2, -0.15) is 0 Å². The number of carboxylic acid groups (broad SMARTS) is 1. The van der Waals surface area contributed by atoms with E-state index in [1.165, 1.54) is 26.4 Å². The lowest BCUT2D eigenvalue weighted by molar-refractivity contribution is 0.0697. The molecule has 8 heteroatoms. The first-order valence-corrected chi connectivity index (χ1v) is 6.55. The molecule has 1 aromatic carbocycles. The zero-order chi connectivity index (χ0) is 16.0. The van der Waals surface area contributed by atoms with E-state index in [0.29, 0.717) is 10.2 Å². The number of methoxy groups -OCH3 is 2. The lowest BCUT2D eigenvalue weighted by Gasteiger charge is -2.14. The molecule has 114 valence electrons. The lowest BCUT2D eigenvalue weighted by Crippen LogP contribution is -2.30. The summed E-state index contributed by atoms with van der Waals surface area (Å²) in [4.78, 5) is 22.9. The van der Waals surface area contributed by atoms with Crippen LogP contribution in [0.2, 0.25) is 0 Å². The Morgan fingerprint density at radius 2 is 1.86 bits per heavy atom. The number of carbonyl (C=O) groups is 2. The summed E-state index contributed by atoms with van der Waals surface area (Å²) in [5.41, 5.74) is -0.0155. The van der Waals surface area contributed by atoms with Crippen molar-refractivity contribution in [2.45, 2.75) is 0 Å². The monoisotopic (exact) mass is 358 g/mol. The van der Waals surface area contributed by atoms with Crippen LogP contribution < -0.4 is 20.1 Å². The molecule has 3 N–H and O–H groups in total. The maximum absolute atomic E-state index is 11.7. The Kier molecular flexibility index (Phi) is 6.04. The van der Waals surface area contributed by atoms with E-state index < -0.39 is 12.0 Å². The first kappa shape index (κ1) is 16.8. The molecule has 0 heterocycles. The number of benzene rings is 1. The Morgan fingerprint density at radius 3 is 2.33 bits per heavy atom. The van der Waals surface area contributed by atoms with Gasteiger partial charge in [0, 0.05) is 16.6 Å². The summed E-state index contributed by atoms with van der Waals surface area (Å²) in [7, 11) is 2.81. The van der Waals surface area contributed by atoms with Crippen LogP contribution in [-0.4, -0.2) is 37.9 Å². The molecule has 1 rings (SSSR count). The minimum atomic E-state index is -1.20. The average Bonchev–Trinajstić information content (AvgIpc) is 2.44. The Labute approximate surface area is 130 Å². The van der Waals surface area contributed by atoms with Crippen molar-refractivity contribution in [2.24, 2.45) is 0 Å². The zero-order valence-corrected chi connectivity index (χ0v) is 13.1. The van der Waals surface area contributed by atoms with Crippen LogP contribution in [-0.2, 0) is 0 Å². The van der Waals surface area contributed by atoms with E-state index in [9.17, 15) is 14.7 Å². The first-order valence-electron chi connectivity index (χ1n) is 5.76. The van der Waals surface area contributed by atoms with Crippen molar-refractivity contribution < 1.29 is 24.2 Å². The van der Waals surface area contributed by atoms with Crippen LogP contribution in [0.5, 0.6) is 11.5 Å². The molecule has 0 aliphatic heterocycles. The molecule has 1 aromatic rings. The quantitative estimate of drug-likeness (QED) is 0.725. The predicted molar refractivity (Wildman–Crippen MR) is 81.6 cm³/mol. The van der Waals surface area contributed by atoms with Crippen molar-refractivity contribution in [2.75, 3.05) is 26.1 Å². The van der Waals surface area contributed by atoms with Gasteiger partial charge >= 0.3 is 12.0 Å². The van der Waals surface area contributed by atoms with Gasteiger partial charge in [-0.1, -0.05) is 22.5 Å². The summed E-state index contributed by atoms with van der Waals surface area (Å²) in [6.45, 7) is 3.78. The highest BCUT2D eigenvalue weighted by molar-refractivity contribution is 9.11. The maximum atomic E-state index is 11.7. The van der Waals surface area contributed by atoms with Crippen LogP contribution in [0.15, 0.2) is 23.2 Å². The normalized spacial score (nSPS) is 9.67. The standard InChI is InChI=1S/C13H15BrN2O5/c1-7(14)6-15-13(19)16-9-5-11(21-3)10(20-2)4-8(9)12(17)18/h4-5H,1,6H2,2-3H3,(H,17,18)(H2,15,16,19). The van der Waals surface area contributed by atoms with E-state index in [4.69, 9.17) is 9.47 Å². The molecule has 0 unspecified atom stereocenters. The third kappa shape index (κ3) is 4.67. The highest BCUT2D eigenvalue weighted by Gasteiger charge is 2.17. The number of aromatic carboxylic acids is 1. The molecule has 0 radical (unpaired) electrons. The smallest absolute Gasteiger partial charge is 0.337 e. The summed E-state index contributed by atoms with van der Waals surface area (Å²) in [5.74, 6) is -0.631. The number of amides is 2. The van der Waals surface area contributed by atoms with Crippen LogP contribution >= 0.6 is 15.9 Å². The van der Waals surface area contributed by atoms with Crippen LogP contribution in [0.4, 0.5) is 10.5 Å². The van der Waals surface area contributed by atoms with Gasteiger partial charge in [0.05, 0.1) is 32.0 Å². The fourth-order valence-corrected chi connectivity index (χ4v) is 1.64. The van der Waals surface area contributed by atoms with Crippen molar-refractivity contribution in [1.82, 2.24) is 5.32 Å². The minimum Gasteiger partial charge on any atom is -0.493 e. The van der Waals surface area contributed by atoms with Crippen molar-refractivity contribution in [3.63, 3.8) is 0 Å². The molecule has 0 aliphatic carbocycles. The van der Waals surface area contributed by atoms with Crippen LogP contribution in [0.25, 0.3) is 0 Å².